The van der Waals surface area contributed by atoms with Gasteiger partial charge in [0.25, 0.3) is 11.1 Å². The fourth-order valence-electron chi connectivity index (χ4n) is 1.26. The van der Waals surface area contributed by atoms with Crippen molar-refractivity contribution in [1.29, 1.82) is 0 Å². The van der Waals surface area contributed by atoms with E-state index in [2.05, 4.69) is 20.8 Å². The lowest BCUT2D eigenvalue weighted by Gasteiger charge is -2.02. The van der Waals surface area contributed by atoms with Gasteiger partial charge in [0.1, 0.15) is 0 Å². The van der Waals surface area contributed by atoms with E-state index in [1.807, 2.05) is 0 Å². The molecule has 0 aromatic carbocycles. The number of amides is 3. The second-order valence-corrected chi connectivity index (χ2v) is 4.47. The Morgan fingerprint density at radius 2 is 2.25 bits per heavy atom. The van der Waals surface area contributed by atoms with Gasteiger partial charge in [0, 0.05) is 6.54 Å². The minimum atomic E-state index is -0.528. The molecule has 8 nitrogen and oxygen atoms in total. The molecule has 106 valence electrons. The van der Waals surface area contributed by atoms with E-state index >= 15 is 0 Å². The molecular formula is C11H12N4O4S. The van der Waals surface area contributed by atoms with Gasteiger partial charge in [-0.2, -0.15) is 0 Å². The van der Waals surface area contributed by atoms with E-state index in [9.17, 15) is 9.59 Å². The minimum Gasteiger partial charge on any atom is -0.459 e. The number of thioether (sulfide) groups is 1. The molecule has 20 heavy (non-hydrogen) atoms. The predicted molar refractivity (Wildman–Crippen MR) is 69.9 cm³/mol. The second kappa shape index (κ2) is 6.75. The first-order valence-corrected chi connectivity index (χ1v) is 6.75. The highest BCUT2D eigenvalue weighted by Crippen LogP contribution is 2.22. The van der Waals surface area contributed by atoms with Crippen LogP contribution < -0.4 is 10.6 Å². The summed E-state index contributed by atoms with van der Waals surface area (Å²) in [6.07, 6.45) is 1.49. The summed E-state index contributed by atoms with van der Waals surface area (Å²) in [7, 11) is 0. The molecule has 0 bridgehead atoms. The van der Waals surface area contributed by atoms with Crippen LogP contribution in [0.1, 0.15) is 6.92 Å². The Kier molecular flexibility index (Phi) is 4.77. The molecule has 0 fully saturated rings. The molecule has 0 spiro atoms. The SMILES string of the molecule is CCNC(=O)NC(=O)CSc1nnc(-c2ccco2)o1. The Labute approximate surface area is 118 Å². The van der Waals surface area contributed by atoms with Crippen LogP contribution in [0.25, 0.3) is 11.7 Å². The monoisotopic (exact) mass is 296 g/mol. The molecule has 0 saturated carbocycles. The molecule has 2 N–H and O–H groups in total. The van der Waals surface area contributed by atoms with Crippen molar-refractivity contribution in [2.75, 3.05) is 12.3 Å². The third-order valence-electron chi connectivity index (χ3n) is 2.06. The number of carbonyl (C=O) groups excluding carboxylic acids is 2. The summed E-state index contributed by atoms with van der Waals surface area (Å²) in [5.41, 5.74) is 0. The maximum Gasteiger partial charge on any atom is 0.321 e. The van der Waals surface area contributed by atoms with Gasteiger partial charge in [0.15, 0.2) is 5.76 Å². The van der Waals surface area contributed by atoms with Crippen LogP contribution >= 0.6 is 11.8 Å². The molecule has 9 heteroatoms. The molecular weight excluding hydrogens is 284 g/mol. The number of nitrogens with zero attached hydrogens (tertiary/aromatic N) is 2. The number of carbonyl (C=O) groups is 2. The van der Waals surface area contributed by atoms with Crippen molar-refractivity contribution in [2.24, 2.45) is 0 Å². The summed E-state index contributed by atoms with van der Waals surface area (Å²) in [4.78, 5) is 22.5. The van der Waals surface area contributed by atoms with E-state index in [-0.39, 0.29) is 16.9 Å². The average molecular weight is 296 g/mol. The number of aromatic nitrogens is 2. The lowest BCUT2D eigenvalue weighted by Crippen LogP contribution is -2.40. The van der Waals surface area contributed by atoms with Gasteiger partial charge in [0.05, 0.1) is 12.0 Å². The Hall–Kier alpha value is -2.29. The summed E-state index contributed by atoms with van der Waals surface area (Å²) < 4.78 is 10.4. The molecule has 0 aliphatic rings. The molecule has 2 heterocycles. The second-order valence-electron chi connectivity index (χ2n) is 3.55. The third kappa shape index (κ3) is 3.85. The van der Waals surface area contributed by atoms with E-state index in [0.29, 0.717) is 12.3 Å². The summed E-state index contributed by atoms with van der Waals surface area (Å²) in [5.74, 6) is 0.244. The normalized spacial score (nSPS) is 10.2. The lowest BCUT2D eigenvalue weighted by molar-refractivity contribution is -0.117. The first kappa shape index (κ1) is 14.1. The zero-order chi connectivity index (χ0) is 14.4. The highest BCUT2D eigenvalue weighted by molar-refractivity contribution is 7.99. The maximum atomic E-state index is 11.4. The number of rotatable bonds is 5. The van der Waals surface area contributed by atoms with Crippen molar-refractivity contribution < 1.29 is 18.4 Å². The predicted octanol–water partition coefficient (Wildman–Crippen LogP) is 1.27. The third-order valence-corrected chi connectivity index (χ3v) is 2.87. The molecule has 0 radical (unpaired) electrons. The number of urea groups is 1. The topological polar surface area (TPSA) is 110 Å². The molecule has 0 saturated heterocycles. The average Bonchev–Trinajstić information content (AvgIpc) is 3.07. The van der Waals surface area contributed by atoms with Gasteiger partial charge in [-0.25, -0.2) is 4.79 Å². The Balaban J connectivity index is 1.82. The molecule has 0 unspecified atom stereocenters. The number of hydrogen-bond acceptors (Lipinski definition) is 7. The van der Waals surface area contributed by atoms with Crippen molar-refractivity contribution in [3.05, 3.63) is 18.4 Å². The van der Waals surface area contributed by atoms with Crippen molar-refractivity contribution in [2.45, 2.75) is 12.1 Å². The van der Waals surface area contributed by atoms with Gasteiger partial charge in [-0.1, -0.05) is 11.8 Å². The van der Waals surface area contributed by atoms with Crippen molar-refractivity contribution >= 4 is 23.7 Å². The summed E-state index contributed by atoms with van der Waals surface area (Å²) in [6.45, 7) is 2.20. The van der Waals surface area contributed by atoms with Crippen molar-refractivity contribution in [1.82, 2.24) is 20.8 Å². The summed E-state index contributed by atoms with van der Waals surface area (Å²) in [6, 6.07) is 2.86. The van der Waals surface area contributed by atoms with E-state index in [1.54, 1.807) is 19.1 Å². The zero-order valence-electron chi connectivity index (χ0n) is 10.6. The maximum absolute atomic E-state index is 11.4. The van der Waals surface area contributed by atoms with Crippen LogP contribution in [-0.4, -0.2) is 34.4 Å². The van der Waals surface area contributed by atoms with Crippen LogP contribution in [0.5, 0.6) is 0 Å². The number of furan rings is 1. The Bertz CT molecular complexity index is 581. The minimum absolute atomic E-state index is 0.00305. The van der Waals surface area contributed by atoms with Gasteiger partial charge < -0.3 is 14.2 Å². The van der Waals surface area contributed by atoms with Gasteiger partial charge in [-0.3, -0.25) is 10.1 Å². The fraction of sp³-hybridized carbons (Fsp3) is 0.273. The molecule has 0 aliphatic carbocycles. The van der Waals surface area contributed by atoms with Crippen LogP contribution in [-0.2, 0) is 4.79 Å². The molecule has 3 amide bonds. The Morgan fingerprint density at radius 1 is 1.40 bits per heavy atom. The number of nitrogens with one attached hydrogen (secondary N) is 2. The van der Waals surface area contributed by atoms with Crippen LogP contribution in [0.3, 0.4) is 0 Å². The van der Waals surface area contributed by atoms with Crippen LogP contribution in [0.2, 0.25) is 0 Å². The van der Waals surface area contributed by atoms with Gasteiger partial charge >= 0.3 is 6.03 Å². The molecule has 0 aliphatic heterocycles. The zero-order valence-corrected chi connectivity index (χ0v) is 11.4. The molecule has 2 rings (SSSR count). The van der Waals surface area contributed by atoms with Crippen LogP contribution in [0.15, 0.2) is 32.5 Å². The highest BCUT2D eigenvalue weighted by Gasteiger charge is 2.13. The van der Waals surface area contributed by atoms with Gasteiger partial charge in [-0.05, 0) is 19.1 Å². The quantitative estimate of drug-likeness (QED) is 0.799. The number of imide groups is 1. The Morgan fingerprint density at radius 3 is 2.95 bits per heavy atom. The first-order valence-electron chi connectivity index (χ1n) is 5.77. The molecule has 2 aromatic heterocycles. The van der Waals surface area contributed by atoms with E-state index in [0.717, 1.165) is 11.8 Å². The highest BCUT2D eigenvalue weighted by atomic mass is 32.2. The van der Waals surface area contributed by atoms with Crippen molar-refractivity contribution in [3.8, 4) is 11.7 Å². The molecule has 0 atom stereocenters. The summed E-state index contributed by atoms with van der Waals surface area (Å²) >= 11 is 1.03. The number of hydrogen-bond donors (Lipinski definition) is 2. The van der Waals surface area contributed by atoms with E-state index in [4.69, 9.17) is 8.83 Å². The molecule has 2 aromatic rings. The summed E-state index contributed by atoms with van der Waals surface area (Å²) in [5, 5.41) is 12.4. The van der Waals surface area contributed by atoms with Gasteiger partial charge in [0.2, 0.25) is 5.91 Å². The van der Waals surface area contributed by atoms with Gasteiger partial charge in [-0.15, -0.1) is 10.2 Å². The van der Waals surface area contributed by atoms with Crippen LogP contribution in [0.4, 0.5) is 4.79 Å². The standard InChI is InChI=1S/C11H12N4O4S/c1-2-12-10(17)13-8(16)6-20-11-15-14-9(19-11)7-4-3-5-18-7/h3-5H,2,6H2,1H3,(H2,12,13,16,17). The van der Waals surface area contributed by atoms with Crippen molar-refractivity contribution in [3.63, 3.8) is 0 Å². The largest absolute Gasteiger partial charge is 0.459 e. The smallest absolute Gasteiger partial charge is 0.321 e. The fourth-order valence-corrected chi connectivity index (χ4v) is 1.83. The lowest BCUT2D eigenvalue weighted by atomic mass is 10.5. The van der Waals surface area contributed by atoms with E-state index < -0.39 is 11.9 Å². The van der Waals surface area contributed by atoms with E-state index in [1.165, 1.54) is 6.26 Å². The van der Waals surface area contributed by atoms with Crippen LogP contribution in [0, 0.1) is 0 Å². The first-order chi connectivity index (χ1) is 9.69.